The second-order valence-electron chi connectivity index (χ2n) is 4.37. The van der Waals surface area contributed by atoms with E-state index in [-0.39, 0.29) is 17.0 Å². The zero-order chi connectivity index (χ0) is 14.4. The summed E-state index contributed by atoms with van der Waals surface area (Å²) in [5.74, 6) is -0.692. The number of benzene rings is 1. The zero-order valence-electron chi connectivity index (χ0n) is 10.8. The van der Waals surface area contributed by atoms with Crippen LogP contribution in [-0.2, 0) is 4.79 Å². The molecular formula is C14H16Cl2O3. The molecular weight excluding hydrogens is 287 g/mol. The Labute approximate surface area is 122 Å². The number of ether oxygens (including phenoxy) is 1. The quantitative estimate of drug-likeness (QED) is 0.849. The molecule has 0 fully saturated rings. The van der Waals surface area contributed by atoms with E-state index in [2.05, 4.69) is 0 Å². The molecule has 0 aliphatic heterocycles. The van der Waals surface area contributed by atoms with Crippen molar-refractivity contribution in [3.8, 4) is 5.75 Å². The highest BCUT2D eigenvalue weighted by molar-refractivity contribution is 6.55. The number of carboxylic acids is 1. The Kier molecular flexibility index (Phi) is 6.19. The summed E-state index contributed by atoms with van der Waals surface area (Å²) in [7, 11) is 0. The first kappa shape index (κ1) is 15.9. The molecule has 0 radical (unpaired) electrons. The molecule has 1 unspecified atom stereocenters. The van der Waals surface area contributed by atoms with Crippen LogP contribution in [0.1, 0.15) is 31.7 Å². The normalized spacial score (nSPS) is 12.1. The van der Waals surface area contributed by atoms with Crippen LogP contribution in [0.15, 0.2) is 34.8 Å². The van der Waals surface area contributed by atoms with Crippen molar-refractivity contribution in [1.82, 2.24) is 0 Å². The van der Waals surface area contributed by atoms with Crippen LogP contribution < -0.4 is 4.74 Å². The van der Waals surface area contributed by atoms with E-state index in [4.69, 9.17) is 33.0 Å². The monoisotopic (exact) mass is 302 g/mol. The van der Waals surface area contributed by atoms with E-state index in [1.165, 1.54) is 6.08 Å². The van der Waals surface area contributed by atoms with Gasteiger partial charge < -0.3 is 9.84 Å². The molecule has 0 saturated carbocycles. The topological polar surface area (TPSA) is 46.5 Å². The smallest absolute Gasteiger partial charge is 0.304 e. The second kappa shape index (κ2) is 7.41. The summed E-state index contributed by atoms with van der Waals surface area (Å²) in [6.45, 7) is 3.82. The number of aliphatic carboxylic acids is 1. The number of allylic oxidation sites excluding steroid dienone is 1. The second-order valence-corrected chi connectivity index (χ2v) is 5.37. The van der Waals surface area contributed by atoms with Gasteiger partial charge in [0.2, 0.25) is 0 Å². The fraction of sp³-hybridized carbons (Fsp3) is 0.357. The Bertz CT molecular complexity index is 466. The molecule has 0 aromatic heterocycles. The van der Waals surface area contributed by atoms with Crippen LogP contribution in [0.2, 0.25) is 0 Å². The number of rotatable bonds is 6. The molecule has 0 bridgehead atoms. The molecule has 1 aromatic carbocycles. The molecule has 0 aliphatic carbocycles. The van der Waals surface area contributed by atoms with Crippen molar-refractivity contribution in [3.05, 3.63) is 40.4 Å². The van der Waals surface area contributed by atoms with Crippen LogP contribution in [0.4, 0.5) is 0 Å². The maximum atomic E-state index is 10.9. The van der Waals surface area contributed by atoms with Gasteiger partial charge in [-0.15, -0.1) is 0 Å². The lowest BCUT2D eigenvalue weighted by Gasteiger charge is -2.18. The first-order chi connectivity index (χ1) is 8.90. The standard InChI is InChI=1S/C14H16Cl2O3/c1-9(2)19-12-6-4-3-5-11(12)10(7-13(15)16)8-14(17)18/h3-7,9-10H,8H2,1-2H3,(H,17,18). The van der Waals surface area contributed by atoms with E-state index in [1.807, 2.05) is 32.0 Å². The van der Waals surface area contributed by atoms with Gasteiger partial charge in [0, 0.05) is 11.5 Å². The molecule has 1 rings (SSSR count). The summed E-state index contributed by atoms with van der Waals surface area (Å²) in [5, 5.41) is 8.97. The Hall–Kier alpha value is -1.19. The molecule has 104 valence electrons. The third-order valence-electron chi connectivity index (χ3n) is 2.40. The van der Waals surface area contributed by atoms with Gasteiger partial charge in [0.15, 0.2) is 0 Å². The van der Waals surface area contributed by atoms with Crippen LogP contribution in [0, 0.1) is 0 Å². The first-order valence-electron chi connectivity index (χ1n) is 5.90. The van der Waals surface area contributed by atoms with E-state index in [1.54, 1.807) is 6.07 Å². The highest BCUT2D eigenvalue weighted by Gasteiger charge is 2.18. The summed E-state index contributed by atoms with van der Waals surface area (Å²) >= 11 is 11.3. The molecule has 3 nitrogen and oxygen atoms in total. The van der Waals surface area contributed by atoms with Gasteiger partial charge in [0.05, 0.1) is 12.5 Å². The van der Waals surface area contributed by atoms with Crippen molar-refractivity contribution < 1.29 is 14.6 Å². The molecule has 0 amide bonds. The number of carbonyl (C=O) groups is 1. The van der Waals surface area contributed by atoms with E-state index in [9.17, 15) is 4.79 Å². The van der Waals surface area contributed by atoms with Crippen LogP contribution in [0.25, 0.3) is 0 Å². The third-order valence-corrected chi connectivity index (χ3v) is 2.65. The van der Waals surface area contributed by atoms with E-state index < -0.39 is 11.9 Å². The molecule has 0 aliphatic rings. The molecule has 1 aromatic rings. The van der Waals surface area contributed by atoms with Crippen LogP contribution in [0.3, 0.4) is 0 Å². The van der Waals surface area contributed by atoms with Crippen molar-refractivity contribution in [2.24, 2.45) is 0 Å². The Morgan fingerprint density at radius 2 is 2.00 bits per heavy atom. The minimum Gasteiger partial charge on any atom is -0.491 e. The van der Waals surface area contributed by atoms with Crippen molar-refractivity contribution >= 4 is 29.2 Å². The number of carboxylic acid groups (broad SMARTS) is 1. The van der Waals surface area contributed by atoms with E-state index in [0.717, 1.165) is 5.56 Å². The molecule has 0 saturated heterocycles. The average molecular weight is 303 g/mol. The summed E-state index contributed by atoms with van der Waals surface area (Å²) in [5.41, 5.74) is 0.761. The maximum absolute atomic E-state index is 10.9. The van der Waals surface area contributed by atoms with E-state index in [0.29, 0.717) is 5.75 Å². The van der Waals surface area contributed by atoms with Gasteiger partial charge in [0.25, 0.3) is 0 Å². The van der Waals surface area contributed by atoms with Gasteiger partial charge in [-0.1, -0.05) is 41.4 Å². The third kappa shape index (κ3) is 5.53. The van der Waals surface area contributed by atoms with Crippen LogP contribution in [0.5, 0.6) is 5.75 Å². The molecule has 19 heavy (non-hydrogen) atoms. The van der Waals surface area contributed by atoms with E-state index >= 15 is 0 Å². The summed E-state index contributed by atoms with van der Waals surface area (Å²) in [6, 6.07) is 7.29. The predicted octanol–water partition coefficient (Wildman–Crippen LogP) is 4.35. The number of hydrogen-bond acceptors (Lipinski definition) is 2. The number of halogens is 2. The SMILES string of the molecule is CC(C)Oc1ccccc1C(C=C(Cl)Cl)CC(=O)O. The molecule has 0 spiro atoms. The number of hydrogen-bond donors (Lipinski definition) is 1. The molecule has 0 heterocycles. The lowest BCUT2D eigenvalue weighted by atomic mass is 9.95. The van der Waals surface area contributed by atoms with Crippen molar-refractivity contribution in [2.45, 2.75) is 32.3 Å². The fourth-order valence-corrected chi connectivity index (χ4v) is 2.05. The summed E-state index contributed by atoms with van der Waals surface area (Å²) < 4.78 is 5.73. The lowest BCUT2D eigenvalue weighted by molar-refractivity contribution is -0.137. The Balaban J connectivity index is 3.14. The number of para-hydroxylation sites is 1. The first-order valence-corrected chi connectivity index (χ1v) is 6.66. The Morgan fingerprint density at radius 3 is 2.53 bits per heavy atom. The summed E-state index contributed by atoms with van der Waals surface area (Å²) in [4.78, 5) is 10.9. The van der Waals surface area contributed by atoms with Crippen LogP contribution >= 0.6 is 23.2 Å². The molecule has 1 N–H and O–H groups in total. The largest absolute Gasteiger partial charge is 0.491 e. The highest BCUT2D eigenvalue weighted by atomic mass is 35.5. The fourth-order valence-electron chi connectivity index (χ4n) is 1.75. The van der Waals surface area contributed by atoms with Gasteiger partial charge in [-0.3, -0.25) is 4.79 Å². The predicted molar refractivity (Wildman–Crippen MR) is 77.0 cm³/mol. The maximum Gasteiger partial charge on any atom is 0.304 e. The van der Waals surface area contributed by atoms with Gasteiger partial charge in [-0.25, -0.2) is 0 Å². The van der Waals surface area contributed by atoms with Gasteiger partial charge in [0.1, 0.15) is 10.2 Å². The van der Waals surface area contributed by atoms with Crippen molar-refractivity contribution in [3.63, 3.8) is 0 Å². The minimum atomic E-state index is -0.921. The zero-order valence-corrected chi connectivity index (χ0v) is 12.3. The minimum absolute atomic E-state index is 0.00193. The highest BCUT2D eigenvalue weighted by Crippen LogP contribution is 2.32. The summed E-state index contributed by atoms with van der Waals surface area (Å²) in [6.07, 6.45) is 1.42. The van der Waals surface area contributed by atoms with Crippen molar-refractivity contribution in [2.75, 3.05) is 0 Å². The molecule has 1 atom stereocenters. The molecule has 5 heteroatoms. The van der Waals surface area contributed by atoms with Gasteiger partial charge in [-0.05, 0) is 26.0 Å². The van der Waals surface area contributed by atoms with Gasteiger partial charge >= 0.3 is 5.97 Å². The van der Waals surface area contributed by atoms with Crippen LogP contribution in [-0.4, -0.2) is 17.2 Å². The van der Waals surface area contributed by atoms with Gasteiger partial charge in [-0.2, -0.15) is 0 Å². The Morgan fingerprint density at radius 1 is 1.37 bits per heavy atom. The lowest BCUT2D eigenvalue weighted by Crippen LogP contribution is -2.10. The van der Waals surface area contributed by atoms with Crippen molar-refractivity contribution in [1.29, 1.82) is 0 Å². The average Bonchev–Trinajstić information content (AvgIpc) is 2.26.